The van der Waals surface area contributed by atoms with Crippen molar-refractivity contribution in [2.24, 2.45) is 17.6 Å². The summed E-state index contributed by atoms with van der Waals surface area (Å²) in [5, 5.41) is 0. The van der Waals surface area contributed by atoms with Crippen LogP contribution in [0.15, 0.2) is 0 Å². The highest BCUT2D eigenvalue weighted by molar-refractivity contribution is 5.48. The van der Waals surface area contributed by atoms with E-state index in [0.29, 0.717) is 31.4 Å². The lowest BCUT2D eigenvalue weighted by Crippen LogP contribution is -2.23. The first kappa shape index (κ1) is 15.6. The topological polar surface area (TPSA) is 61.6 Å². The van der Waals surface area contributed by atoms with Crippen LogP contribution in [0, 0.1) is 11.8 Å². The molecule has 0 amide bonds. The highest BCUT2D eigenvalue weighted by Crippen LogP contribution is 2.29. The van der Waals surface area contributed by atoms with Crippen molar-refractivity contribution in [3.8, 4) is 0 Å². The molecule has 18 heavy (non-hydrogen) atoms. The molecule has 0 saturated heterocycles. The molecule has 1 saturated carbocycles. The zero-order valence-electron chi connectivity index (χ0n) is 11.3. The largest absolute Gasteiger partial charge is 0.381 e. The number of hydrogen-bond acceptors (Lipinski definition) is 4. The number of rotatable bonds is 10. The van der Waals surface area contributed by atoms with E-state index < -0.39 is 0 Å². The Kier molecular flexibility index (Phi) is 9.08. The molecule has 1 fully saturated rings. The van der Waals surface area contributed by atoms with Crippen molar-refractivity contribution in [1.29, 1.82) is 0 Å². The van der Waals surface area contributed by atoms with Crippen LogP contribution in [0.3, 0.4) is 0 Å². The van der Waals surface area contributed by atoms with Crippen LogP contribution < -0.4 is 5.73 Å². The van der Waals surface area contributed by atoms with Crippen molar-refractivity contribution >= 4 is 6.29 Å². The highest BCUT2D eigenvalue weighted by Gasteiger charge is 2.21. The fourth-order valence-corrected chi connectivity index (χ4v) is 2.42. The van der Waals surface area contributed by atoms with Gasteiger partial charge in [0.15, 0.2) is 0 Å². The van der Waals surface area contributed by atoms with E-state index in [9.17, 15) is 4.79 Å². The van der Waals surface area contributed by atoms with Gasteiger partial charge in [0.2, 0.25) is 0 Å². The van der Waals surface area contributed by atoms with Gasteiger partial charge in [0.25, 0.3) is 0 Å². The number of ether oxygens (including phenoxy) is 2. The summed E-state index contributed by atoms with van der Waals surface area (Å²) in [6.45, 7) is 3.74. The van der Waals surface area contributed by atoms with E-state index >= 15 is 0 Å². The lowest BCUT2D eigenvalue weighted by Gasteiger charge is -2.28. The second kappa shape index (κ2) is 10.5. The quantitative estimate of drug-likeness (QED) is 0.478. The van der Waals surface area contributed by atoms with Crippen LogP contribution >= 0.6 is 0 Å². The Morgan fingerprint density at radius 2 is 1.56 bits per heavy atom. The molecule has 0 atom stereocenters. The summed E-state index contributed by atoms with van der Waals surface area (Å²) in [6.07, 6.45) is 7.39. The number of unbranched alkanes of at least 4 members (excludes halogenated alkanes) is 1. The van der Waals surface area contributed by atoms with Crippen LogP contribution in [0.1, 0.15) is 38.5 Å². The lowest BCUT2D eigenvalue weighted by atomic mass is 9.83. The molecule has 0 aromatic rings. The first-order chi connectivity index (χ1) is 8.86. The molecule has 0 aromatic heterocycles. The summed E-state index contributed by atoms with van der Waals surface area (Å²) in [6, 6.07) is 0. The third-order valence-electron chi connectivity index (χ3n) is 3.55. The number of carbonyl (C=O) groups excluding carboxylic acids is 1. The third-order valence-corrected chi connectivity index (χ3v) is 3.55. The van der Waals surface area contributed by atoms with Crippen LogP contribution in [0.5, 0.6) is 0 Å². The lowest BCUT2D eigenvalue weighted by molar-refractivity contribution is -0.108. The van der Waals surface area contributed by atoms with Crippen molar-refractivity contribution in [3.05, 3.63) is 0 Å². The number of carbonyl (C=O) groups is 1. The van der Waals surface area contributed by atoms with Gasteiger partial charge in [0.05, 0.1) is 6.61 Å². The van der Waals surface area contributed by atoms with Gasteiger partial charge in [-0.05, 0) is 43.9 Å². The van der Waals surface area contributed by atoms with E-state index in [1.807, 2.05) is 0 Å². The van der Waals surface area contributed by atoms with Gasteiger partial charge in [-0.15, -0.1) is 0 Å². The second-order valence-electron chi connectivity index (χ2n) is 5.13. The minimum absolute atomic E-state index is 0.615. The van der Waals surface area contributed by atoms with Gasteiger partial charge in [0.1, 0.15) is 6.29 Å². The Balaban J connectivity index is 1.96. The maximum atomic E-state index is 10.1. The fraction of sp³-hybridized carbons (Fsp3) is 0.929. The molecule has 4 heteroatoms. The molecular weight excluding hydrogens is 230 g/mol. The molecule has 0 bridgehead atoms. The molecule has 0 radical (unpaired) electrons. The fourth-order valence-electron chi connectivity index (χ4n) is 2.42. The van der Waals surface area contributed by atoms with E-state index in [1.54, 1.807) is 0 Å². The van der Waals surface area contributed by atoms with Crippen LogP contribution in [0.2, 0.25) is 0 Å². The monoisotopic (exact) mass is 257 g/mol. The molecule has 0 unspecified atom stereocenters. The molecule has 106 valence electrons. The summed E-state index contributed by atoms with van der Waals surface area (Å²) in [5.41, 5.74) is 5.39. The van der Waals surface area contributed by atoms with Gasteiger partial charge in [-0.3, -0.25) is 0 Å². The van der Waals surface area contributed by atoms with Crippen molar-refractivity contribution in [3.63, 3.8) is 0 Å². The molecule has 4 nitrogen and oxygen atoms in total. The summed E-state index contributed by atoms with van der Waals surface area (Å²) in [4.78, 5) is 10.1. The molecule has 0 aromatic carbocycles. The van der Waals surface area contributed by atoms with Crippen LogP contribution in [0.25, 0.3) is 0 Å². The van der Waals surface area contributed by atoms with Crippen molar-refractivity contribution in [2.45, 2.75) is 38.5 Å². The van der Waals surface area contributed by atoms with E-state index in [-0.39, 0.29) is 0 Å². The SMILES string of the molecule is NCCOCC1CCC(COCCCC=O)CC1. The number of hydrogen-bond donors (Lipinski definition) is 1. The van der Waals surface area contributed by atoms with E-state index in [2.05, 4.69) is 0 Å². The third kappa shape index (κ3) is 7.09. The maximum absolute atomic E-state index is 10.1. The smallest absolute Gasteiger partial charge is 0.120 e. The Hall–Kier alpha value is -0.450. The summed E-state index contributed by atoms with van der Waals surface area (Å²) in [5.74, 6) is 1.41. The van der Waals surface area contributed by atoms with E-state index in [4.69, 9.17) is 15.2 Å². The molecule has 0 spiro atoms. The van der Waals surface area contributed by atoms with Gasteiger partial charge < -0.3 is 20.0 Å². The molecule has 1 aliphatic rings. The predicted molar refractivity (Wildman–Crippen MR) is 71.4 cm³/mol. The highest BCUT2D eigenvalue weighted by atomic mass is 16.5. The van der Waals surface area contributed by atoms with Crippen LogP contribution in [0.4, 0.5) is 0 Å². The van der Waals surface area contributed by atoms with Gasteiger partial charge in [-0.25, -0.2) is 0 Å². The van der Waals surface area contributed by atoms with Crippen molar-refractivity contribution in [1.82, 2.24) is 0 Å². The van der Waals surface area contributed by atoms with E-state index in [1.165, 1.54) is 25.7 Å². The first-order valence-electron chi connectivity index (χ1n) is 7.16. The minimum atomic E-state index is 0.615. The Labute approximate surface area is 110 Å². The second-order valence-corrected chi connectivity index (χ2v) is 5.13. The zero-order chi connectivity index (χ0) is 13.1. The van der Waals surface area contributed by atoms with Crippen LogP contribution in [-0.4, -0.2) is 39.3 Å². The number of aldehydes is 1. The average Bonchev–Trinajstić information content (AvgIpc) is 2.40. The zero-order valence-corrected chi connectivity index (χ0v) is 11.3. The standard InChI is InChI=1S/C14H27NO3/c15-7-10-18-12-14-5-3-13(4-6-14)11-17-9-2-1-8-16/h8,13-14H,1-7,9-12,15H2. The normalized spacial score (nSPS) is 24.1. The molecule has 0 heterocycles. The minimum Gasteiger partial charge on any atom is -0.381 e. The average molecular weight is 257 g/mol. The van der Waals surface area contributed by atoms with E-state index in [0.717, 1.165) is 32.5 Å². The van der Waals surface area contributed by atoms with Gasteiger partial charge in [0, 0.05) is 32.8 Å². The van der Waals surface area contributed by atoms with Crippen molar-refractivity contribution in [2.75, 3.05) is 33.0 Å². The first-order valence-corrected chi connectivity index (χ1v) is 7.16. The Morgan fingerprint density at radius 1 is 1.00 bits per heavy atom. The van der Waals surface area contributed by atoms with Gasteiger partial charge in [-0.2, -0.15) is 0 Å². The molecular formula is C14H27NO3. The van der Waals surface area contributed by atoms with Crippen molar-refractivity contribution < 1.29 is 14.3 Å². The van der Waals surface area contributed by atoms with Gasteiger partial charge in [-0.1, -0.05) is 0 Å². The summed E-state index contributed by atoms with van der Waals surface area (Å²) in [7, 11) is 0. The number of nitrogens with two attached hydrogens (primary N) is 1. The predicted octanol–water partition coefficient (Wildman–Crippen LogP) is 1.76. The Morgan fingerprint density at radius 3 is 2.06 bits per heavy atom. The molecule has 1 rings (SSSR count). The maximum Gasteiger partial charge on any atom is 0.120 e. The van der Waals surface area contributed by atoms with Gasteiger partial charge >= 0.3 is 0 Å². The summed E-state index contributed by atoms with van der Waals surface area (Å²) < 4.78 is 11.1. The molecule has 1 aliphatic carbocycles. The Bertz CT molecular complexity index is 203. The molecule has 0 aliphatic heterocycles. The van der Waals surface area contributed by atoms with Crippen LogP contribution in [-0.2, 0) is 14.3 Å². The summed E-state index contributed by atoms with van der Waals surface area (Å²) >= 11 is 0. The molecule has 2 N–H and O–H groups in total.